The molecule has 0 spiro atoms. The number of likely N-dealkylation sites (N-methyl/N-ethyl adjacent to an activating group) is 1. The molecule has 9 heteroatoms. The third-order valence-electron chi connectivity index (χ3n) is 6.00. The first-order chi connectivity index (χ1) is 15.0. The van der Waals surface area contributed by atoms with Crippen LogP contribution >= 0.6 is 11.3 Å². The molecule has 0 saturated carbocycles. The molecule has 1 atom stereocenters. The van der Waals surface area contributed by atoms with Gasteiger partial charge in [0.2, 0.25) is 6.79 Å². The molecule has 162 valence electrons. The molecule has 5 rings (SSSR count). The number of likely N-dealkylation sites (tertiary alicyclic amines) is 1. The van der Waals surface area contributed by atoms with Gasteiger partial charge in [-0.3, -0.25) is 4.79 Å². The minimum absolute atomic E-state index is 0.0894. The zero-order valence-corrected chi connectivity index (χ0v) is 18.7. The van der Waals surface area contributed by atoms with E-state index >= 15 is 0 Å². The molecule has 0 radical (unpaired) electrons. The fraction of sp³-hybridized carbons (Fsp3) is 0.409. The summed E-state index contributed by atoms with van der Waals surface area (Å²) in [4.78, 5) is 27.8. The van der Waals surface area contributed by atoms with Crippen LogP contribution in [0.2, 0.25) is 0 Å². The Morgan fingerprint density at radius 2 is 2.13 bits per heavy atom. The number of nitrogens with zero attached hydrogens (tertiary/aromatic N) is 4. The molecule has 2 aliphatic rings. The number of rotatable bonds is 5. The maximum Gasteiger partial charge on any atom is 0.264 e. The van der Waals surface area contributed by atoms with Gasteiger partial charge in [0.1, 0.15) is 17.0 Å². The lowest BCUT2D eigenvalue weighted by Crippen LogP contribution is -2.34. The van der Waals surface area contributed by atoms with Crippen molar-refractivity contribution in [2.75, 3.05) is 39.3 Å². The van der Waals surface area contributed by atoms with Crippen LogP contribution in [0.25, 0.3) is 10.2 Å². The van der Waals surface area contributed by atoms with E-state index in [4.69, 9.17) is 9.47 Å². The standard InChI is InChI=1S/C22H25N5O3S/c1-13-18-20(23-9-14-4-5-16-17(8-14)30-12-29-16)24-11-25-21(18)31-19(13)22(28)27-7-6-15(10-27)26(2)3/h4-5,8,11,15H,6-7,9-10,12H2,1-3H3,(H,23,24,25). The Labute approximate surface area is 184 Å². The maximum atomic E-state index is 13.2. The third-order valence-corrected chi connectivity index (χ3v) is 7.19. The van der Waals surface area contributed by atoms with Crippen LogP contribution in [0.15, 0.2) is 24.5 Å². The number of carbonyl (C=O) groups is 1. The van der Waals surface area contributed by atoms with Crippen LogP contribution in [0, 0.1) is 6.92 Å². The van der Waals surface area contributed by atoms with Crippen molar-refractivity contribution >= 4 is 33.3 Å². The van der Waals surface area contributed by atoms with Gasteiger partial charge < -0.3 is 24.6 Å². The summed E-state index contributed by atoms with van der Waals surface area (Å²) in [6.07, 6.45) is 2.55. The lowest BCUT2D eigenvalue weighted by molar-refractivity contribution is 0.0787. The van der Waals surface area contributed by atoms with Gasteiger partial charge in [-0.2, -0.15) is 0 Å². The number of hydrogen-bond donors (Lipinski definition) is 1. The van der Waals surface area contributed by atoms with E-state index in [2.05, 4.69) is 34.3 Å². The molecule has 1 amide bonds. The van der Waals surface area contributed by atoms with E-state index < -0.39 is 0 Å². The predicted molar refractivity (Wildman–Crippen MR) is 120 cm³/mol. The molecule has 2 aromatic heterocycles. The molecule has 0 bridgehead atoms. The van der Waals surface area contributed by atoms with Gasteiger partial charge in [-0.1, -0.05) is 6.07 Å². The van der Waals surface area contributed by atoms with Gasteiger partial charge in [-0.15, -0.1) is 11.3 Å². The molecule has 1 aromatic carbocycles. The Morgan fingerprint density at radius 3 is 2.94 bits per heavy atom. The highest BCUT2D eigenvalue weighted by atomic mass is 32.1. The number of amides is 1. The minimum atomic E-state index is 0.0894. The Kier molecular flexibility index (Phi) is 5.15. The Morgan fingerprint density at radius 1 is 1.29 bits per heavy atom. The van der Waals surface area contributed by atoms with Crippen molar-refractivity contribution in [2.45, 2.75) is 25.9 Å². The number of fused-ring (bicyclic) bond motifs is 2. The molecule has 4 heterocycles. The van der Waals surface area contributed by atoms with Gasteiger partial charge in [0.05, 0.1) is 10.3 Å². The van der Waals surface area contributed by atoms with E-state index in [0.29, 0.717) is 12.6 Å². The van der Waals surface area contributed by atoms with Gasteiger partial charge in [0.25, 0.3) is 5.91 Å². The summed E-state index contributed by atoms with van der Waals surface area (Å²) in [6, 6.07) is 6.30. The van der Waals surface area contributed by atoms with Gasteiger partial charge in [-0.05, 0) is 50.7 Å². The number of thiophene rings is 1. The molecule has 8 nitrogen and oxygen atoms in total. The first-order valence-electron chi connectivity index (χ1n) is 10.3. The number of nitrogens with one attached hydrogen (secondary N) is 1. The van der Waals surface area contributed by atoms with Crippen molar-refractivity contribution in [1.82, 2.24) is 19.8 Å². The number of benzene rings is 1. The molecular formula is C22H25N5O3S. The first kappa shape index (κ1) is 20.0. The van der Waals surface area contributed by atoms with Crippen molar-refractivity contribution in [3.8, 4) is 11.5 Å². The molecule has 31 heavy (non-hydrogen) atoms. The number of anilines is 1. The van der Waals surface area contributed by atoms with Gasteiger partial charge in [0, 0.05) is 25.7 Å². The van der Waals surface area contributed by atoms with Crippen molar-refractivity contribution in [3.63, 3.8) is 0 Å². The lowest BCUT2D eigenvalue weighted by Gasteiger charge is -2.20. The second-order valence-electron chi connectivity index (χ2n) is 8.16. The SMILES string of the molecule is Cc1c(C(=O)N2CCC(N(C)C)C2)sc2ncnc(NCc3ccc4c(c3)OCO4)c12. The summed E-state index contributed by atoms with van der Waals surface area (Å²) in [5, 5.41) is 4.32. The van der Waals surface area contributed by atoms with Crippen molar-refractivity contribution in [3.05, 3.63) is 40.5 Å². The van der Waals surface area contributed by atoms with E-state index in [9.17, 15) is 4.79 Å². The van der Waals surface area contributed by atoms with Crippen molar-refractivity contribution in [1.29, 1.82) is 0 Å². The van der Waals surface area contributed by atoms with Crippen LogP contribution in [-0.4, -0.2) is 65.7 Å². The second-order valence-corrected chi connectivity index (χ2v) is 9.16. The fourth-order valence-electron chi connectivity index (χ4n) is 4.14. The van der Waals surface area contributed by atoms with Crippen LogP contribution in [0.3, 0.4) is 0 Å². The first-order valence-corrected chi connectivity index (χ1v) is 11.1. The summed E-state index contributed by atoms with van der Waals surface area (Å²) in [6.45, 7) is 4.38. The van der Waals surface area contributed by atoms with Gasteiger partial charge >= 0.3 is 0 Å². The highest BCUT2D eigenvalue weighted by Crippen LogP contribution is 2.36. The summed E-state index contributed by atoms with van der Waals surface area (Å²) in [7, 11) is 4.13. The molecule has 1 fully saturated rings. The Bertz CT molecular complexity index is 1150. The second kappa shape index (κ2) is 7.97. The number of ether oxygens (including phenoxy) is 2. The summed E-state index contributed by atoms with van der Waals surface area (Å²) in [5.74, 6) is 2.35. The predicted octanol–water partition coefficient (Wildman–Crippen LogP) is 3.12. The van der Waals surface area contributed by atoms with Gasteiger partial charge in [-0.25, -0.2) is 9.97 Å². The Hall–Kier alpha value is -2.91. The highest BCUT2D eigenvalue weighted by molar-refractivity contribution is 7.20. The van der Waals surface area contributed by atoms with Gasteiger partial charge in [0.15, 0.2) is 11.5 Å². The van der Waals surface area contributed by atoms with E-state index in [1.807, 2.05) is 30.0 Å². The fourth-order valence-corrected chi connectivity index (χ4v) is 5.25. The quantitative estimate of drug-likeness (QED) is 0.654. The van der Waals surface area contributed by atoms with Crippen molar-refractivity contribution < 1.29 is 14.3 Å². The average molecular weight is 440 g/mol. The van der Waals surface area contributed by atoms with Crippen LogP contribution in [0.5, 0.6) is 11.5 Å². The van der Waals surface area contributed by atoms with E-state index in [0.717, 1.165) is 63.0 Å². The monoisotopic (exact) mass is 439 g/mol. The normalized spacial score (nSPS) is 17.7. The number of aromatic nitrogens is 2. The molecule has 1 saturated heterocycles. The average Bonchev–Trinajstić information content (AvgIpc) is 3.50. The molecule has 1 N–H and O–H groups in total. The van der Waals surface area contributed by atoms with Crippen molar-refractivity contribution in [2.24, 2.45) is 0 Å². The molecule has 1 unspecified atom stereocenters. The number of hydrogen-bond acceptors (Lipinski definition) is 8. The number of aryl methyl sites for hydroxylation is 1. The summed E-state index contributed by atoms with van der Waals surface area (Å²) >= 11 is 1.45. The highest BCUT2D eigenvalue weighted by Gasteiger charge is 2.30. The van der Waals surface area contributed by atoms with E-state index in [1.165, 1.54) is 11.3 Å². The molecule has 0 aliphatic carbocycles. The molecule has 2 aliphatic heterocycles. The largest absolute Gasteiger partial charge is 0.454 e. The molecule has 3 aromatic rings. The van der Waals surface area contributed by atoms with Crippen LogP contribution in [0.1, 0.15) is 27.2 Å². The topological polar surface area (TPSA) is 79.8 Å². The Balaban J connectivity index is 1.38. The van der Waals surface area contributed by atoms with Crippen LogP contribution < -0.4 is 14.8 Å². The third kappa shape index (κ3) is 3.68. The lowest BCUT2D eigenvalue weighted by atomic mass is 10.1. The van der Waals surface area contributed by atoms with Crippen LogP contribution in [0.4, 0.5) is 5.82 Å². The smallest absolute Gasteiger partial charge is 0.264 e. The van der Waals surface area contributed by atoms with E-state index in [-0.39, 0.29) is 12.7 Å². The summed E-state index contributed by atoms with van der Waals surface area (Å²) in [5.41, 5.74) is 2.00. The summed E-state index contributed by atoms with van der Waals surface area (Å²) < 4.78 is 10.8. The minimum Gasteiger partial charge on any atom is -0.454 e. The zero-order chi connectivity index (χ0) is 21.5. The zero-order valence-electron chi connectivity index (χ0n) is 17.8. The van der Waals surface area contributed by atoms with Crippen LogP contribution in [-0.2, 0) is 6.54 Å². The van der Waals surface area contributed by atoms with E-state index in [1.54, 1.807) is 6.33 Å². The molecular weight excluding hydrogens is 414 g/mol. The maximum absolute atomic E-state index is 13.2. The number of carbonyl (C=O) groups excluding carboxylic acids is 1.